The van der Waals surface area contributed by atoms with Crippen LogP contribution in [0.5, 0.6) is 5.75 Å². The van der Waals surface area contributed by atoms with Crippen LogP contribution in [0.2, 0.25) is 0 Å². The van der Waals surface area contributed by atoms with E-state index in [0.717, 1.165) is 17.7 Å². The lowest BCUT2D eigenvalue weighted by atomic mass is 10.2. The molecular weight excluding hydrogens is 309 g/mol. The van der Waals surface area contributed by atoms with Gasteiger partial charge in [-0.2, -0.15) is 0 Å². The maximum atomic E-state index is 13.0. The molecule has 4 nitrogen and oxygen atoms in total. The zero-order valence-electron chi connectivity index (χ0n) is 13.2. The molecule has 0 saturated carbocycles. The van der Waals surface area contributed by atoms with Gasteiger partial charge in [0.1, 0.15) is 11.6 Å². The molecule has 1 aliphatic rings. The van der Waals surface area contributed by atoms with Gasteiger partial charge in [-0.25, -0.2) is 14.2 Å². The van der Waals surface area contributed by atoms with Crippen LogP contribution in [0.15, 0.2) is 59.2 Å². The van der Waals surface area contributed by atoms with Gasteiger partial charge in [-0.05, 0) is 54.5 Å². The normalized spacial score (nSPS) is 15.3. The Labute approximate surface area is 139 Å². The van der Waals surface area contributed by atoms with Crippen LogP contribution in [0, 0.1) is 5.82 Å². The van der Waals surface area contributed by atoms with Gasteiger partial charge >= 0.3 is 5.97 Å². The van der Waals surface area contributed by atoms with Gasteiger partial charge in [-0.1, -0.05) is 19.1 Å². The molecule has 5 heteroatoms. The first-order chi connectivity index (χ1) is 11.7. The summed E-state index contributed by atoms with van der Waals surface area (Å²) in [5.41, 5.74) is 1.57. The Bertz CT molecular complexity index is 792. The number of halogens is 1. The molecule has 0 fully saturated rings. The number of esters is 1. The molecule has 122 valence electrons. The van der Waals surface area contributed by atoms with Crippen LogP contribution in [0.1, 0.15) is 24.5 Å². The molecule has 0 radical (unpaired) electrons. The van der Waals surface area contributed by atoms with E-state index in [1.807, 2.05) is 31.2 Å². The summed E-state index contributed by atoms with van der Waals surface area (Å²) in [6, 6.07) is 13.0. The highest BCUT2D eigenvalue weighted by molar-refractivity contribution is 6.12. The molecule has 3 rings (SSSR count). The number of carbonyl (C=O) groups excluding carboxylic acids is 1. The molecule has 0 N–H and O–H groups in total. The third-order valence-corrected chi connectivity index (χ3v) is 3.37. The van der Waals surface area contributed by atoms with E-state index >= 15 is 0 Å². The van der Waals surface area contributed by atoms with Crippen molar-refractivity contribution in [3.05, 3.63) is 71.2 Å². The fourth-order valence-corrected chi connectivity index (χ4v) is 2.16. The summed E-state index contributed by atoms with van der Waals surface area (Å²) in [7, 11) is 0. The van der Waals surface area contributed by atoms with E-state index in [0.29, 0.717) is 12.2 Å². The van der Waals surface area contributed by atoms with Crippen LogP contribution in [-0.2, 0) is 9.53 Å². The Kier molecular flexibility index (Phi) is 4.70. The smallest absolute Gasteiger partial charge is 0.363 e. The van der Waals surface area contributed by atoms with Gasteiger partial charge < -0.3 is 9.47 Å². The molecule has 0 aliphatic carbocycles. The predicted molar refractivity (Wildman–Crippen MR) is 89.2 cm³/mol. The largest absolute Gasteiger partial charge is 0.494 e. The Morgan fingerprint density at radius 1 is 1.12 bits per heavy atom. The molecule has 0 bridgehead atoms. The summed E-state index contributed by atoms with van der Waals surface area (Å²) in [4.78, 5) is 16.1. The molecule has 0 spiro atoms. The van der Waals surface area contributed by atoms with Crippen molar-refractivity contribution in [1.29, 1.82) is 0 Å². The minimum atomic E-state index is -0.527. The zero-order chi connectivity index (χ0) is 16.9. The van der Waals surface area contributed by atoms with Gasteiger partial charge in [0, 0.05) is 5.56 Å². The fourth-order valence-electron chi connectivity index (χ4n) is 2.16. The highest BCUT2D eigenvalue weighted by Gasteiger charge is 2.24. The van der Waals surface area contributed by atoms with Gasteiger partial charge in [0.25, 0.3) is 0 Å². The van der Waals surface area contributed by atoms with E-state index in [4.69, 9.17) is 9.47 Å². The van der Waals surface area contributed by atoms with Gasteiger partial charge in [-0.15, -0.1) is 0 Å². The Balaban J connectivity index is 1.79. The summed E-state index contributed by atoms with van der Waals surface area (Å²) in [5, 5.41) is 0. The number of rotatable bonds is 5. The van der Waals surface area contributed by atoms with Gasteiger partial charge in [-0.3, -0.25) is 0 Å². The van der Waals surface area contributed by atoms with Crippen molar-refractivity contribution in [3.63, 3.8) is 0 Å². The first-order valence-electron chi connectivity index (χ1n) is 7.67. The summed E-state index contributed by atoms with van der Waals surface area (Å²) in [6.45, 7) is 2.71. The minimum Gasteiger partial charge on any atom is -0.494 e. The van der Waals surface area contributed by atoms with Crippen LogP contribution in [-0.4, -0.2) is 18.5 Å². The highest BCUT2D eigenvalue weighted by Crippen LogP contribution is 2.20. The number of cyclic esters (lactones) is 1. The van der Waals surface area contributed by atoms with Crippen LogP contribution >= 0.6 is 0 Å². The number of hydrogen-bond acceptors (Lipinski definition) is 4. The van der Waals surface area contributed by atoms with Crippen molar-refractivity contribution >= 4 is 17.9 Å². The minimum absolute atomic E-state index is 0.175. The quantitative estimate of drug-likeness (QED) is 0.617. The van der Waals surface area contributed by atoms with Crippen molar-refractivity contribution in [3.8, 4) is 5.75 Å². The van der Waals surface area contributed by atoms with Crippen LogP contribution in [0.3, 0.4) is 0 Å². The number of aliphatic imine (C=N–C) groups is 1. The lowest BCUT2D eigenvalue weighted by Gasteiger charge is -2.04. The lowest BCUT2D eigenvalue weighted by Crippen LogP contribution is -2.05. The van der Waals surface area contributed by atoms with E-state index in [9.17, 15) is 9.18 Å². The SMILES string of the molecule is CCCOc1ccc(/C=C2/N=C(c3ccc(F)cc3)OC2=O)cc1. The summed E-state index contributed by atoms with van der Waals surface area (Å²) in [6.07, 6.45) is 2.58. The summed E-state index contributed by atoms with van der Waals surface area (Å²) < 4.78 is 23.6. The standard InChI is InChI=1S/C19H16FNO3/c1-2-11-23-16-9-3-13(4-10-16)12-17-19(22)24-18(21-17)14-5-7-15(20)8-6-14/h3-10,12H,2,11H2,1H3/b17-12+. The Hall–Kier alpha value is -2.95. The highest BCUT2D eigenvalue weighted by atomic mass is 19.1. The summed E-state index contributed by atoms with van der Waals surface area (Å²) in [5.74, 6) is 0.0723. The van der Waals surface area contributed by atoms with E-state index < -0.39 is 5.97 Å². The van der Waals surface area contributed by atoms with Crippen LogP contribution < -0.4 is 4.74 Å². The third kappa shape index (κ3) is 3.68. The molecule has 1 heterocycles. The maximum absolute atomic E-state index is 13.0. The second-order valence-electron chi connectivity index (χ2n) is 5.26. The molecule has 1 aliphatic heterocycles. The van der Waals surface area contributed by atoms with Crippen molar-refractivity contribution in [2.75, 3.05) is 6.61 Å². The predicted octanol–water partition coefficient (Wildman–Crippen LogP) is 3.96. The van der Waals surface area contributed by atoms with Crippen LogP contribution in [0.4, 0.5) is 4.39 Å². The average Bonchev–Trinajstić information content (AvgIpc) is 2.95. The van der Waals surface area contributed by atoms with Crippen molar-refractivity contribution in [1.82, 2.24) is 0 Å². The molecule has 0 amide bonds. The second-order valence-corrected chi connectivity index (χ2v) is 5.26. The van der Waals surface area contributed by atoms with E-state index in [-0.39, 0.29) is 17.4 Å². The number of carbonyl (C=O) groups is 1. The van der Waals surface area contributed by atoms with Crippen molar-refractivity contribution in [2.24, 2.45) is 4.99 Å². The number of ether oxygens (including phenoxy) is 2. The molecule has 2 aromatic rings. The molecule has 24 heavy (non-hydrogen) atoms. The van der Waals surface area contributed by atoms with Crippen LogP contribution in [0.25, 0.3) is 6.08 Å². The number of hydrogen-bond donors (Lipinski definition) is 0. The molecule has 0 atom stereocenters. The second kappa shape index (κ2) is 7.08. The zero-order valence-corrected chi connectivity index (χ0v) is 13.2. The van der Waals surface area contributed by atoms with E-state index in [1.165, 1.54) is 24.3 Å². The van der Waals surface area contributed by atoms with E-state index in [2.05, 4.69) is 4.99 Å². The first-order valence-corrected chi connectivity index (χ1v) is 7.67. The van der Waals surface area contributed by atoms with Gasteiger partial charge in [0.15, 0.2) is 5.70 Å². The molecule has 0 saturated heterocycles. The number of benzene rings is 2. The Morgan fingerprint density at radius 2 is 1.83 bits per heavy atom. The van der Waals surface area contributed by atoms with Crippen molar-refractivity contribution < 1.29 is 18.7 Å². The van der Waals surface area contributed by atoms with E-state index in [1.54, 1.807) is 6.08 Å². The monoisotopic (exact) mass is 325 g/mol. The van der Waals surface area contributed by atoms with Gasteiger partial charge in [0.2, 0.25) is 5.90 Å². The van der Waals surface area contributed by atoms with Crippen molar-refractivity contribution in [2.45, 2.75) is 13.3 Å². The lowest BCUT2D eigenvalue weighted by molar-refractivity contribution is -0.129. The molecular formula is C19H16FNO3. The molecule has 0 unspecified atom stereocenters. The molecule has 2 aromatic carbocycles. The summed E-state index contributed by atoms with van der Waals surface area (Å²) >= 11 is 0. The molecule has 0 aromatic heterocycles. The average molecular weight is 325 g/mol. The van der Waals surface area contributed by atoms with Gasteiger partial charge in [0.05, 0.1) is 6.61 Å². The number of nitrogens with zero attached hydrogens (tertiary/aromatic N) is 1. The topological polar surface area (TPSA) is 47.9 Å². The first kappa shape index (κ1) is 15.9. The maximum Gasteiger partial charge on any atom is 0.363 e. The third-order valence-electron chi connectivity index (χ3n) is 3.37. The Morgan fingerprint density at radius 3 is 2.50 bits per heavy atom. The fraction of sp³-hybridized carbons (Fsp3) is 0.158.